The summed E-state index contributed by atoms with van der Waals surface area (Å²) in [5, 5.41) is 2.68. The topological polar surface area (TPSA) is 29.1 Å². The molecular formula is C7H9NO. The molecule has 0 aromatic carbocycles. The van der Waals surface area contributed by atoms with Gasteiger partial charge in [-0.05, 0) is 12.5 Å². The normalized spacial score (nSPS) is 17.7. The maximum Gasteiger partial charge on any atom is 0.254 e. The Hall–Kier alpha value is -1.05. The van der Waals surface area contributed by atoms with Gasteiger partial charge in [0.05, 0.1) is 0 Å². The first-order valence-corrected chi connectivity index (χ1v) is 2.95. The van der Waals surface area contributed by atoms with E-state index in [-0.39, 0.29) is 5.91 Å². The van der Waals surface area contributed by atoms with Crippen molar-refractivity contribution in [1.82, 2.24) is 5.32 Å². The largest absolute Gasteiger partial charge is 0.326 e. The Labute approximate surface area is 54.3 Å². The Morgan fingerprint density at radius 1 is 1.78 bits per heavy atom. The zero-order valence-corrected chi connectivity index (χ0v) is 5.40. The second-order valence-electron chi connectivity index (χ2n) is 2.00. The van der Waals surface area contributed by atoms with Gasteiger partial charge in [-0.15, -0.1) is 0 Å². The summed E-state index contributed by atoms with van der Waals surface area (Å²) in [7, 11) is 0. The van der Waals surface area contributed by atoms with Crippen LogP contribution in [0.25, 0.3) is 0 Å². The summed E-state index contributed by atoms with van der Waals surface area (Å²) >= 11 is 0. The van der Waals surface area contributed by atoms with Gasteiger partial charge in [-0.2, -0.15) is 0 Å². The lowest BCUT2D eigenvalue weighted by atomic mass is 10.3. The summed E-state index contributed by atoms with van der Waals surface area (Å²) in [4.78, 5) is 10.7. The zero-order valence-electron chi connectivity index (χ0n) is 5.40. The van der Waals surface area contributed by atoms with E-state index in [0.717, 1.165) is 12.1 Å². The Balaban J connectivity index is 2.74. The van der Waals surface area contributed by atoms with Crippen LogP contribution in [0.3, 0.4) is 0 Å². The van der Waals surface area contributed by atoms with Crippen LogP contribution in [0.5, 0.6) is 0 Å². The van der Waals surface area contributed by atoms with Crippen LogP contribution in [-0.4, -0.2) is 5.91 Å². The first-order valence-electron chi connectivity index (χ1n) is 2.95. The molecule has 0 aromatic rings. The minimum Gasteiger partial charge on any atom is -0.326 e. The van der Waals surface area contributed by atoms with Crippen LogP contribution < -0.4 is 5.32 Å². The van der Waals surface area contributed by atoms with Crippen molar-refractivity contribution in [1.29, 1.82) is 0 Å². The van der Waals surface area contributed by atoms with Crippen molar-refractivity contribution in [3.8, 4) is 0 Å². The fraction of sp³-hybridized carbons (Fsp3) is 0.286. The highest BCUT2D eigenvalue weighted by Gasteiger charge is 2.12. The van der Waals surface area contributed by atoms with Crippen molar-refractivity contribution in [2.45, 2.75) is 13.3 Å². The van der Waals surface area contributed by atoms with Gasteiger partial charge in [0.25, 0.3) is 5.91 Å². The lowest BCUT2D eigenvalue weighted by Crippen LogP contribution is -2.15. The number of carbonyl (C=O) groups excluding carboxylic acids is 1. The third kappa shape index (κ3) is 1.02. The summed E-state index contributed by atoms with van der Waals surface area (Å²) in [6.07, 6.45) is 2.65. The average molecular weight is 123 g/mol. The summed E-state index contributed by atoms with van der Waals surface area (Å²) < 4.78 is 0. The Kier molecular flexibility index (Phi) is 1.39. The molecule has 2 nitrogen and oxygen atoms in total. The molecule has 2 heteroatoms. The number of rotatable bonds is 1. The van der Waals surface area contributed by atoms with Crippen molar-refractivity contribution in [2.24, 2.45) is 0 Å². The Morgan fingerprint density at radius 3 is 2.67 bits per heavy atom. The van der Waals surface area contributed by atoms with Crippen LogP contribution in [0.15, 0.2) is 23.9 Å². The van der Waals surface area contributed by atoms with Crippen LogP contribution in [0.1, 0.15) is 13.3 Å². The van der Waals surface area contributed by atoms with E-state index in [0.29, 0.717) is 5.57 Å². The minimum atomic E-state index is -0.0631. The monoisotopic (exact) mass is 123 g/mol. The number of hydrogen-bond donors (Lipinski definition) is 1. The molecule has 0 aliphatic carbocycles. The molecule has 0 bridgehead atoms. The molecule has 0 radical (unpaired) electrons. The van der Waals surface area contributed by atoms with Gasteiger partial charge in [0.15, 0.2) is 0 Å². The van der Waals surface area contributed by atoms with E-state index in [1.807, 2.05) is 6.92 Å². The maximum atomic E-state index is 10.7. The SMILES string of the molecule is C=C1C=C(CC)NC1=O. The smallest absolute Gasteiger partial charge is 0.254 e. The van der Waals surface area contributed by atoms with E-state index in [2.05, 4.69) is 11.9 Å². The summed E-state index contributed by atoms with van der Waals surface area (Å²) in [6.45, 7) is 5.54. The van der Waals surface area contributed by atoms with Crippen LogP contribution in [-0.2, 0) is 4.79 Å². The Morgan fingerprint density at radius 2 is 2.44 bits per heavy atom. The van der Waals surface area contributed by atoms with Crippen molar-refractivity contribution in [2.75, 3.05) is 0 Å². The fourth-order valence-corrected chi connectivity index (χ4v) is 0.729. The first-order chi connectivity index (χ1) is 4.24. The molecule has 1 aliphatic rings. The molecule has 1 amide bonds. The van der Waals surface area contributed by atoms with Gasteiger partial charge in [0.1, 0.15) is 0 Å². The second kappa shape index (κ2) is 2.05. The van der Waals surface area contributed by atoms with Crippen molar-refractivity contribution in [3.63, 3.8) is 0 Å². The number of hydrogen-bond acceptors (Lipinski definition) is 1. The highest BCUT2D eigenvalue weighted by Crippen LogP contribution is 2.09. The van der Waals surface area contributed by atoms with E-state index >= 15 is 0 Å². The molecule has 48 valence electrons. The van der Waals surface area contributed by atoms with Crippen LogP contribution in [0.4, 0.5) is 0 Å². The van der Waals surface area contributed by atoms with Gasteiger partial charge in [-0.1, -0.05) is 13.5 Å². The van der Waals surface area contributed by atoms with E-state index in [1.54, 1.807) is 6.08 Å². The molecule has 1 aliphatic heterocycles. The number of allylic oxidation sites excluding steroid dienone is 1. The maximum absolute atomic E-state index is 10.7. The summed E-state index contributed by atoms with van der Waals surface area (Å²) in [6, 6.07) is 0. The summed E-state index contributed by atoms with van der Waals surface area (Å²) in [5.74, 6) is -0.0631. The lowest BCUT2D eigenvalue weighted by molar-refractivity contribution is -0.116. The Bertz CT molecular complexity index is 191. The molecule has 0 spiro atoms. The number of nitrogens with one attached hydrogen (secondary N) is 1. The second-order valence-corrected chi connectivity index (χ2v) is 2.00. The van der Waals surface area contributed by atoms with Crippen LogP contribution in [0.2, 0.25) is 0 Å². The standard InChI is InChI=1S/C7H9NO/c1-3-6-4-5(2)7(9)8-6/h4H,2-3H2,1H3,(H,8,9). The van der Waals surface area contributed by atoms with E-state index in [1.165, 1.54) is 0 Å². The van der Waals surface area contributed by atoms with Gasteiger partial charge >= 0.3 is 0 Å². The van der Waals surface area contributed by atoms with E-state index in [4.69, 9.17) is 0 Å². The summed E-state index contributed by atoms with van der Waals surface area (Å²) in [5.41, 5.74) is 1.52. The van der Waals surface area contributed by atoms with Gasteiger partial charge in [-0.3, -0.25) is 4.79 Å². The molecule has 0 unspecified atom stereocenters. The lowest BCUT2D eigenvalue weighted by Gasteiger charge is -1.93. The predicted molar refractivity (Wildman–Crippen MR) is 35.7 cm³/mol. The van der Waals surface area contributed by atoms with Gasteiger partial charge in [0, 0.05) is 11.3 Å². The molecule has 1 heterocycles. The van der Waals surface area contributed by atoms with Crippen LogP contribution in [0, 0.1) is 0 Å². The number of amides is 1. The highest BCUT2D eigenvalue weighted by molar-refractivity contribution is 5.99. The van der Waals surface area contributed by atoms with Gasteiger partial charge < -0.3 is 5.32 Å². The molecule has 0 saturated carbocycles. The van der Waals surface area contributed by atoms with Gasteiger partial charge in [-0.25, -0.2) is 0 Å². The molecule has 9 heavy (non-hydrogen) atoms. The molecule has 0 atom stereocenters. The predicted octanol–water partition coefficient (Wildman–Crippen LogP) is 0.966. The molecule has 1 N–H and O–H groups in total. The fourth-order valence-electron chi connectivity index (χ4n) is 0.729. The van der Waals surface area contributed by atoms with E-state index < -0.39 is 0 Å². The first kappa shape index (κ1) is 6.08. The van der Waals surface area contributed by atoms with Crippen LogP contribution >= 0.6 is 0 Å². The minimum absolute atomic E-state index is 0.0631. The zero-order chi connectivity index (χ0) is 6.85. The van der Waals surface area contributed by atoms with E-state index in [9.17, 15) is 4.79 Å². The van der Waals surface area contributed by atoms with Crippen molar-refractivity contribution in [3.05, 3.63) is 23.9 Å². The molecular weight excluding hydrogens is 114 g/mol. The number of carbonyl (C=O) groups is 1. The van der Waals surface area contributed by atoms with Crippen molar-refractivity contribution >= 4 is 5.91 Å². The molecule has 1 rings (SSSR count). The quantitative estimate of drug-likeness (QED) is 0.517. The molecule has 0 aromatic heterocycles. The average Bonchev–Trinajstić information content (AvgIpc) is 2.13. The third-order valence-electron chi connectivity index (χ3n) is 1.30. The molecule has 0 saturated heterocycles. The molecule has 0 fully saturated rings. The highest BCUT2D eigenvalue weighted by atomic mass is 16.1. The third-order valence-corrected chi connectivity index (χ3v) is 1.30. The van der Waals surface area contributed by atoms with Gasteiger partial charge in [0.2, 0.25) is 0 Å². The van der Waals surface area contributed by atoms with Crippen molar-refractivity contribution < 1.29 is 4.79 Å².